The summed E-state index contributed by atoms with van der Waals surface area (Å²) >= 11 is 17.2. The molecule has 3 aromatic heterocycles. The number of nitrogens with two attached hydrogens (primary N) is 2. The molecule has 0 aliphatic carbocycles. The van der Waals surface area contributed by atoms with Gasteiger partial charge in [0, 0.05) is 32.2 Å². The lowest BCUT2D eigenvalue weighted by Gasteiger charge is -2.03. The minimum atomic E-state index is -0.643. The van der Waals surface area contributed by atoms with Gasteiger partial charge in [-0.1, -0.05) is 71.2 Å². The molecule has 0 saturated carbocycles. The van der Waals surface area contributed by atoms with E-state index in [1.807, 2.05) is 48.5 Å². The number of hydrogen-bond acceptors (Lipinski definition) is 10. The van der Waals surface area contributed by atoms with Crippen molar-refractivity contribution in [1.29, 1.82) is 0 Å². The Hall–Kier alpha value is -7.00. The van der Waals surface area contributed by atoms with Crippen molar-refractivity contribution in [2.24, 2.45) is 0 Å². The van der Waals surface area contributed by atoms with Crippen molar-refractivity contribution in [3.05, 3.63) is 172 Å². The second kappa shape index (κ2) is 19.2. The second-order valence-corrected chi connectivity index (χ2v) is 13.3. The average Bonchev–Trinajstić information content (AvgIpc) is 3.63. The fourth-order valence-corrected chi connectivity index (χ4v) is 5.76. The molecule has 14 nitrogen and oxygen atoms in total. The van der Waals surface area contributed by atoms with Crippen LogP contribution in [0, 0.1) is 10.1 Å². The maximum Gasteiger partial charge on any atom is 0.343 e. The highest BCUT2D eigenvalue weighted by Crippen LogP contribution is 2.23. The molecule has 3 heterocycles. The van der Waals surface area contributed by atoms with E-state index in [4.69, 9.17) is 51.0 Å². The Kier molecular flexibility index (Phi) is 14.0. The number of ether oxygens (including phenoxy) is 1. The summed E-state index contributed by atoms with van der Waals surface area (Å²) in [6.07, 6.45) is 0.425. The standard InChI is InChI=1S/C16H10ClN3O.C12H10ClNO3.C7H4ClNO3.C6H8N2/c17-10-6-5-9-7-11(16(21)20-14(9)8-10)15-18-12-3-1-2-4-13(12)19-15;1-2-17-12(16)9-5-7-3-4-8(13)6-10(7)14-11(9)15;8-6-2-1-5(4-10)7(3-6)9(11)12;7-5-3-1-2-4-6(5)8/h1-8H,(H,18,19)(H,20,21);3-6H,2H2,1H3,(H,14,15);1-4H;1-4H,7-8H2. The molecule has 8 rings (SSSR count). The highest BCUT2D eigenvalue weighted by molar-refractivity contribution is 6.31. The first kappa shape index (κ1) is 42.1. The molecule has 7 N–H and O–H groups in total. The number of nitrogens with one attached hydrogen (secondary N) is 3. The lowest BCUT2D eigenvalue weighted by atomic mass is 10.1. The number of anilines is 2. The predicted octanol–water partition coefficient (Wildman–Crippen LogP) is 8.99. The largest absolute Gasteiger partial charge is 0.462 e. The van der Waals surface area contributed by atoms with Crippen LogP contribution in [0.5, 0.6) is 0 Å². The zero-order valence-corrected chi connectivity index (χ0v) is 32.6. The number of aromatic nitrogens is 4. The van der Waals surface area contributed by atoms with Gasteiger partial charge in [0.1, 0.15) is 11.4 Å². The van der Waals surface area contributed by atoms with Crippen molar-refractivity contribution in [3.8, 4) is 11.4 Å². The van der Waals surface area contributed by atoms with Gasteiger partial charge in [0.2, 0.25) is 0 Å². The number of hydrogen-bond donors (Lipinski definition) is 5. The minimum absolute atomic E-state index is 0.00155. The molecule has 0 aliphatic heterocycles. The minimum Gasteiger partial charge on any atom is -0.462 e. The van der Waals surface area contributed by atoms with E-state index < -0.39 is 16.5 Å². The van der Waals surface area contributed by atoms with E-state index in [2.05, 4.69) is 19.9 Å². The number of aldehydes is 1. The number of pyridine rings is 2. The summed E-state index contributed by atoms with van der Waals surface area (Å²) in [5.74, 6) is -0.0556. The van der Waals surface area contributed by atoms with Gasteiger partial charge in [0.25, 0.3) is 16.8 Å². The lowest BCUT2D eigenvalue weighted by molar-refractivity contribution is -0.385. The zero-order valence-electron chi connectivity index (χ0n) is 30.3. The summed E-state index contributed by atoms with van der Waals surface area (Å²) < 4.78 is 4.80. The normalized spacial score (nSPS) is 10.3. The molecule has 0 spiro atoms. The van der Waals surface area contributed by atoms with Crippen LogP contribution in [0.1, 0.15) is 27.6 Å². The quantitative estimate of drug-likeness (QED) is 0.0363. The number of fused-ring (bicyclic) bond motifs is 3. The van der Waals surface area contributed by atoms with E-state index in [-0.39, 0.29) is 34.0 Å². The van der Waals surface area contributed by atoms with Gasteiger partial charge in [0.15, 0.2) is 6.29 Å². The van der Waals surface area contributed by atoms with E-state index in [0.29, 0.717) is 50.1 Å². The van der Waals surface area contributed by atoms with E-state index in [1.165, 1.54) is 18.2 Å². The molecule has 0 saturated heterocycles. The molecule has 0 unspecified atom stereocenters. The molecule has 17 heteroatoms. The van der Waals surface area contributed by atoms with Gasteiger partial charge >= 0.3 is 5.97 Å². The number of halogens is 3. The Balaban J connectivity index is 0.000000156. The van der Waals surface area contributed by atoms with Crippen molar-refractivity contribution in [2.75, 3.05) is 18.1 Å². The molecular formula is C41H32Cl3N7O7. The van der Waals surface area contributed by atoms with Crippen LogP contribution in [0.2, 0.25) is 15.1 Å². The zero-order chi connectivity index (χ0) is 41.9. The van der Waals surface area contributed by atoms with Crippen molar-refractivity contribution < 1.29 is 19.2 Å². The van der Waals surface area contributed by atoms with E-state index in [1.54, 1.807) is 49.4 Å². The number of nitrogen functional groups attached to an aromatic ring is 2. The van der Waals surface area contributed by atoms with Gasteiger partial charge in [0.05, 0.1) is 45.1 Å². The summed E-state index contributed by atoms with van der Waals surface area (Å²) in [5, 5.41) is 13.3. The molecule has 0 fully saturated rings. The molecule has 8 aromatic rings. The number of imidazole rings is 1. The maximum absolute atomic E-state index is 12.3. The molecule has 0 amide bonds. The number of esters is 1. The number of carbonyl (C=O) groups is 2. The molecule has 58 heavy (non-hydrogen) atoms. The van der Waals surface area contributed by atoms with Crippen molar-refractivity contribution in [3.63, 3.8) is 0 Å². The third-order valence-corrected chi connectivity index (χ3v) is 8.77. The van der Waals surface area contributed by atoms with Crippen LogP contribution in [-0.4, -0.2) is 43.7 Å². The first-order valence-electron chi connectivity index (χ1n) is 17.0. The summed E-state index contributed by atoms with van der Waals surface area (Å²) in [5.41, 5.74) is 14.7. The first-order valence-corrected chi connectivity index (χ1v) is 18.2. The molecule has 5 aromatic carbocycles. The van der Waals surface area contributed by atoms with Crippen molar-refractivity contribution in [2.45, 2.75) is 6.92 Å². The molecule has 0 bridgehead atoms. The Bertz CT molecular complexity index is 2860. The summed E-state index contributed by atoms with van der Waals surface area (Å²) in [7, 11) is 0. The van der Waals surface area contributed by atoms with E-state index >= 15 is 0 Å². The van der Waals surface area contributed by atoms with Gasteiger partial charge in [-0.3, -0.25) is 24.5 Å². The third kappa shape index (κ3) is 10.6. The highest BCUT2D eigenvalue weighted by atomic mass is 35.5. The third-order valence-electron chi connectivity index (χ3n) is 8.07. The van der Waals surface area contributed by atoms with Gasteiger partial charge in [-0.25, -0.2) is 9.78 Å². The Morgan fingerprint density at radius 2 is 1.29 bits per heavy atom. The summed E-state index contributed by atoms with van der Waals surface area (Å²) in [6.45, 7) is 1.92. The monoisotopic (exact) mass is 839 g/mol. The number of H-pyrrole nitrogens is 3. The Morgan fingerprint density at radius 3 is 1.86 bits per heavy atom. The van der Waals surface area contributed by atoms with Crippen LogP contribution in [0.15, 0.2) is 125 Å². The number of aromatic amines is 3. The van der Waals surface area contributed by atoms with Crippen LogP contribution in [0.25, 0.3) is 44.2 Å². The van der Waals surface area contributed by atoms with Gasteiger partial charge in [-0.05, 0) is 90.5 Å². The van der Waals surface area contributed by atoms with E-state index in [9.17, 15) is 29.3 Å². The van der Waals surface area contributed by atoms with Crippen LogP contribution < -0.4 is 22.6 Å². The molecular weight excluding hydrogens is 809 g/mol. The van der Waals surface area contributed by atoms with Crippen LogP contribution >= 0.6 is 34.8 Å². The smallest absolute Gasteiger partial charge is 0.343 e. The van der Waals surface area contributed by atoms with Crippen LogP contribution in [-0.2, 0) is 4.74 Å². The Labute approximate surface area is 343 Å². The lowest BCUT2D eigenvalue weighted by Crippen LogP contribution is -2.19. The SMILES string of the molecule is CCOC(=O)c1cc2ccc(Cl)cc2[nH]c1=O.Nc1ccccc1N.O=Cc1ccc(Cl)cc1[N+](=O)[O-].O=c1[nH]c2cc(Cl)ccc2cc1-c1nc2ccccc2[nH]1. The molecule has 0 radical (unpaired) electrons. The predicted molar refractivity (Wildman–Crippen MR) is 229 cm³/mol. The number of benzene rings is 5. The number of rotatable bonds is 5. The second-order valence-electron chi connectivity index (χ2n) is 12.0. The van der Waals surface area contributed by atoms with Crippen LogP contribution in [0.3, 0.4) is 0 Å². The fraction of sp³-hybridized carbons (Fsp3) is 0.0488. The number of nitro benzene ring substituents is 1. The van der Waals surface area contributed by atoms with Gasteiger partial charge in [-0.15, -0.1) is 0 Å². The van der Waals surface area contributed by atoms with Crippen molar-refractivity contribution in [1.82, 2.24) is 19.9 Å². The summed E-state index contributed by atoms with van der Waals surface area (Å²) in [4.78, 5) is 68.5. The first-order chi connectivity index (χ1) is 27.8. The number of para-hydroxylation sites is 4. The van der Waals surface area contributed by atoms with Gasteiger partial charge in [-0.2, -0.15) is 0 Å². The van der Waals surface area contributed by atoms with Gasteiger partial charge < -0.3 is 31.2 Å². The number of carbonyl (C=O) groups excluding carboxylic acids is 2. The average molecular weight is 841 g/mol. The number of nitrogens with zero attached hydrogens (tertiary/aromatic N) is 2. The van der Waals surface area contributed by atoms with Crippen molar-refractivity contribution >= 4 is 97.0 Å². The summed E-state index contributed by atoms with van der Waals surface area (Å²) in [6, 6.07) is 32.6. The van der Waals surface area contributed by atoms with Crippen LogP contribution in [0.4, 0.5) is 17.1 Å². The number of nitro groups is 1. The highest BCUT2D eigenvalue weighted by Gasteiger charge is 2.14. The molecule has 294 valence electrons. The van der Waals surface area contributed by atoms with E-state index in [0.717, 1.165) is 27.9 Å². The topological polar surface area (TPSA) is 233 Å². The maximum atomic E-state index is 12.3. The molecule has 0 atom stereocenters. The molecule has 0 aliphatic rings. The fourth-order valence-electron chi connectivity index (χ4n) is 5.25. The Morgan fingerprint density at radius 1 is 0.741 bits per heavy atom.